The molecule has 27 heavy (non-hydrogen) atoms. The summed E-state index contributed by atoms with van der Waals surface area (Å²) in [6, 6.07) is 10.1. The van der Waals surface area contributed by atoms with E-state index >= 15 is 0 Å². The monoisotopic (exact) mass is 367 g/mol. The summed E-state index contributed by atoms with van der Waals surface area (Å²) in [5.74, 6) is -1.72. The number of aliphatic imine (C=N–C) groups is 2. The highest BCUT2D eigenvalue weighted by Gasteiger charge is 2.38. The molecule has 0 spiro atoms. The van der Waals surface area contributed by atoms with Crippen LogP contribution in [0.1, 0.15) is 5.56 Å². The van der Waals surface area contributed by atoms with Crippen LogP contribution in [0.25, 0.3) is 0 Å². The lowest BCUT2D eigenvalue weighted by Crippen LogP contribution is -2.31. The molecule has 2 unspecified atom stereocenters. The van der Waals surface area contributed by atoms with Crippen molar-refractivity contribution < 1.29 is 18.3 Å². The Morgan fingerprint density at radius 1 is 1.07 bits per heavy atom. The molecule has 0 saturated carbocycles. The third-order valence-corrected chi connectivity index (χ3v) is 4.48. The highest BCUT2D eigenvalue weighted by atomic mass is 19.1. The zero-order valence-corrected chi connectivity index (χ0v) is 14.3. The van der Waals surface area contributed by atoms with Crippen LogP contribution >= 0.6 is 0 Å². The fraction of sp³-hybridized carbons (Fsp3) is 0.150. The number of carbonyl (C=O) groups excluding carboxylic acids is 1. The number of amides is 1. The van der Waals surface area contributed by atoms with Crippen LogP contribution in [0.2, 0.25) is 0 Å². The molecule has 2 heterocycles. The van der Waals surface area contributed by atoms with E-state index in [0.717, 1.165) is 0 Å². The molecule has 2 aliphatic heterocycles. The molecule has 2 atom stereocenters. The van der Waals surface area contributed by atoms with Crippen LogP contribution in [0, 0.1) is 17.6 Å². The highest BCUT2D eigenvalue weighted by molar-refractivity contribution is 6.13. The third kappa shape index (κ3) is 3.12. The number of benzene rings is 2. The minimum absolute atomic E-state index is 0.129. The topological polar surface area (TPSA) is 63.0 Å². The number of nitrogens with zero attached hydrogens (tertiary/aromatic N) is 2. The minimum Gasteiger partial charge on any atom is -0.497 e. The normalized spacial score (nSPS) is 20.8. The van der Waals surface area contributed by atoms with Gasteiger partial charge in [0.2, 0.25) is 0 Å². The zero-order chi connectivity index (χ0) is 19.0. The van der Waals surface area contributed by atoms with Crippen LogP contribution in [-0.2, 0) is 4.79 Å². The van der Waals surface area contributed by atoms with Gasteiger partial charge in [0.25, 0.3) is 5.91 Å². The van der Waals surface area contributed by atoms with E-state index in [2.05, 4.69) is 15.3 Å². The van der Waals surface area contributed by atoms with Crippen molar-refractivity contribution in [2.75, 3.05) is 12.4 Å². The number of hydrogen-bond acceptors (Lipinski definition) is 4. The largest absolute Gasteiger partial charge is 0.497 e. The lowest BCUT2D eigenvalue weighted by atomic mass is 9.92. The second-order valence-corrected chi connectivity index (χ2v) is 6.15. The van der Waals surface area contributed by atoms with Crippen LogP contribution < -0.4 is 10.1 Å². The molecule has 0 radical (unpaired) electrons. The van der Waals surface area contributed by atoms with Gasteiger partial charge in [0, 0.05) is 17.6 Å². The molecule has 0 aromatic heterocycles. The Balaban J connectivity index is 1.74. The van der Waals surface area contributed by atoms with Gasteiger partial charge in [0.05, 0.1) is 18.4 Å². The van der Waals surface area contributed by atoms with Gasteiger partial charge in [0.15, 0.2) is 0 Å². The summed E-state index contributed by atoms with van der Waals surface area (Å²) < 4.78 is 33.5. The molecule has 1 N–H and O–H groups in total. The predicted octanol–water partition coefficient (Wildman–Crippen LogP) is 3.37. The van der Waals surface area contributed by atoms with Crippen molar-refractivity contribution in [1.29, 1.82) is 0 Å². The van der Waals surface area contributed by atoms with Gasteiger partial charge in [-0.1, -0.05) is 6.07 Å². The van der Waals surface area contributed by atoms with Crippen LogP contribution in [0.5, 0.6) is 5.75 Å². The Kier molecular flexibility index (Phi) is 4.27. The summed E-state index contributed by atoms with van der Waals surface area (Å²) in [7, 11) is 1.57. The van der Waals surface area contributed by atoms with E-state index in [-0.39, 0.29) is 17.2 Å². The summed E-state index contributed by atoms with van der Waals surface area (Å²) in [4.78, 5) is 20.3. The van der Waals surface area contributed by atoms with Crippen molar-refractivity contribution in [3.05, 3.63) is 71.4 Å². The molecular formula is C20H15F2N3O2. The smallest absolute Gasteiger partial charge is 0.257 e. The van der Waals surface area contributed by atoms with Crippen molar-refractivity contribution in [3.8, 4) is 5.75 Å². The van der Waals surface area contributed by atoms with Crippen LogP contribution in [0.4, 0.5) is 14.5 Å². The Hall–Kier alpha value is -3.35. The number of rotatable bonds is 4. The molecule has 2 aliphatic rings. The Labute approximate surface area is 154 Å². The van der Waals surface area contributed by atoms with Crippen molar-refractivity contribution in [2.24, 2.45) is 15.9 Å². The van der Waals surface area contributed by atoms with Gasteiger partial charge in [-0.2, -0.15) is 0 Å². The highest BCUT2D eigenvalue weighted by Crippen LogP contribution is 2.31. The molecule has 0 bridgehead atoms. The Morgan fingerprint density at radius 3 is 2.44 bits per heavy atom. The number of nitrogens with one attached hydrogen (secondary N) is 1. The zero-order valence-electron chi connectivity index (χ0n) is 14.3. The average Bonchev–Trinajstić information content (AvgIpc) is 3.03. The number of methoxy groups -OCH3 is 1. The molecular weight excluding hydrogens is 352 g/mol. The van der Waals surface area contributed by atoms with E-state index in [0.29, 0.717) is 17.1 Å². The standard InChI is InChI=1S/C20H15F2N3O2/c1-27-12-7-5-11(6-8-12)24-16-9-15(18-13(21)3-2-4-14(18)22)25-17-10-23-20(26)19(16)17/h2-10,17,19,24H,1H3. The number of allylic oxidation sites excluding steroid dienone is 1. The van der Waals surface area contributed by atoms with E-state index in [1.54, 1.807) is 31.4 Å². The maximum Gasteiger partial charge on any atom is 0.257 e. The minimum atomic E-state index is -0.714. The molecule has 136 valence electrons. The fourth-order valence-corrected chi connectivity index (χ4v) is 3.16. The van der Waals surface area contributed by atoms with Gasteiger partial charge in [-0.15, -0.1) is 0 Å². The molecule has 0 aliphatic carbocycles. The quantitative estimate of drug-likeness (QED) is 0.901. The van der Waals surface area contributed by atoms with Crippen LogP contribution in [0.3, 0.4) is 0 Å². The number of hydrogen-bond donors (Lipinski definition) is 1. The molecule has 2 aromatic carbocycles. The Morgan fingerprint density at radius 2 is 1.78 bits per heavy atom. The van der Waals surface area contributed by atoms with Crippen LogP contribution in [0.15, 0.2) is 64.2 Å². The second-order valence-electron chi connectivity index (χ2n) is 6.15. The first-order chi connectivity index (χ1) is 13.1. The molecule has 5 nitrogen and oxygen atoms in total. The third-order valence-electron chi connectivity index (χ3n) is 4.48. The summed E-state index contributed by atoms with van der Waals surface area (Å²) in [6.45, 7) is 0. The van der Waals surface area contributed by atoms with E-state index in [9.17, 15) is 13.6 Å². The van der Waals surface area contributed by atoms with Gasteiger partial charge in [-0.25, -0.2) is 13.8 Å². The first kappa shape index (κ1) is 17.1. The second kappa shape index (κ2) is 6.75. The van der Waals surface area contributed by atoms with Crippen molar-refractivity contribution in [2.45, 2.75) is 6.04 Å². The molecule has 0 saturated heterocycles. The molecule has 7 heteroatoms. The number of ether oxygens (including phenoxy) is 1. The maximum absolute atomic E-state index is 14.2. The van der Waals surface area contributed by atoms with Gasteiger partial charge < -0.3 is 10.1 Å². The maximum atomic E-state index is 14.2. The van der Waals surface area contributed by atoms with E-state index in [4.69, 9.17) is 4.74 Å². The first-order valence-corrected chi connectivity index (χ1v) is 8.29. The van der Waals surface area contributed by atoms with Crippen molar-refractivity contribution in [3.63, 3.8) is 0 Å². The number of halogens is 2. The SMILES string of the molecule is COc1ccc(NC2=CC(c3c(F)cccc3F)=NC3C=NC(=O)C23)cc1. The van der Waals surface area contributed by atoms with Gasteiger partial charge >= 0.3 is 0 Å². The van der Waals surface area contributed by atoms with Crippen LogP contribution in [-0.4, -0.2) is 31.0 Å². The first-order valence-electron chi connectivity index (χ1n) is 8.29. The Bertz CT molecular complexity index is 977. The van der Waals surface area contributed by atoms with Crippen molar-refractivity contribution in [1.82, 2.24) is 0 Å². The van der Waals surface area contributed by atoms with E-state index in [1.807, 2.05) is 0 Å². The van der Waals surface area contributed by atoms with Gasteiger partial charge in [-0.3, -0.25) is 9.79 Å². The summed E-state index contributed by atoms with van der Waals surface area (Å²) >= 11 is 0. The molecule has 1 amide bonds. The molecule has 0 fully saturated rings. The van der Waals surface area contributed by atoms with E-state index < -0.39 is 23.6 Å². The molecule has 4 rings (SSSR count). The summed E-state index contributed by atoms with van der Waals surface area (Å²) in [6.07, 6.45) is 2.91. The van der Waals surface area contributed by atoms with Gasteiger partial charge in [0.1, 0.15) is 29.3 Å². The number of dihydropyridines is 1. The van der Waals surface area contributed by atoms with Crippen molar-refractivity contribution >= 4 is 23.5 Å². The summed E-state index contributed by atoms with van der Waals surface area (Å²) in [5.41, 5.74) is 1.10. The molecule has 2 aromatic rings. The number of carbonyl (C=O) groups is 1. The summed E-state index contributed by atoms with van der Waals surface area (Å²) in [5, 5.41) is 3.15. The lowest BCUT2D eigenvalue weighted by molar-refractivity contribution is -0.119. The lowest BCUT2D eigenvalue weighted by Gasteiger charge is -2.24. The average molecular weight is 367 g/mol. The predicted molar refractivity (Wildman–Crippen MR) is 98.4 cm³/mol. The number of fused-ring (bicyclic) bond motifs is 1. The van der Waals surface area contributed by atoms with Gasteiger partial charge in [-0.05, 0) is 42.5 Å². The number of anilines is 1. The fourth-order valence-electron chi connectivity index (χ4n) is 3.16. The van der Waals surface area contributed by atoms with E-state index in [1.165, 1.54) is 30.5 Å².